The molecule has 8 rings (SSSR count). The minimum absolute atomic E-state index is 0.0402. The van der Waals surface area contributed by atoms with E-state index >= 15 is 0 Å². The summed E-state index contributed by atoms with van der Waals surface area (Å²) < 4.78 is 52.1. The van der Waals surface area contributed by atoms with E-state index in [-0.39, 0.29) is 36.2 Å². The van der Waals surface area contributed by atoms with Crippen LogP contribution in [0, 0.1) is 0 Å². The first-order valence-electron chi connectivity index (χ1n) is 33.8. The summed E-state index contributed by atoms with van der Waals surface area (Å²) in [5.74, 6) is 3.34. The Morgan fingerprint density at radius 1 is 0.439 bits per heavy atom. The highest BCUT2D eigenvalue weighted by molar-refractivity contribution is 9.93. The van der Waals surface area contributed by atoms with E-state index in [2.05, 4.69) is 154 Å². The molecule has 0 spiro atoms. The molecule has 0 aliphatic rings. The number of methoxy groups -OCH3 is 6. The molecule has 6 aromatic heterocycles. The molecular weight excluding hydrogens is 1630 g/mol. The van der Waals surface area contributed by atoms with Gasteiger partial charge >= 0.3 is 23.9 Å². The standard InChI is InChI=1S/C22H29NO3.C13H20N2O3.C13H17NO3.C9H12.C7H12O2.2C6H6BrNO.C6H7NO.Br2/c1-16(17-9-7-6-8-10-17)13-19(14-21(24)26-22(2,3)4)18-11-12-20(25-5)23-15-18;1-13(2,3)18-12(16)7-10(14)9-5-6-11(17-4)15-8-9;1-13(2,3)17-12(15)8-6-10-5-7-11(16-4)14-9-10;1-8(2)9-6-4-3-5-7-9;1-5-6(8)9-7(2,3)4;1-9-6-3-2-5(7)4-8-6;1-9-6-5(7)3-2-4-8-6;1-8-6-4-2-3-5-7-6;1-2/h6-12,15-16,19H,13-14H2,1-5H3;5-6,8,10H,7,14H2,1-4H3;5-9H,1-4H3;3-8H,1-2H3;5H,1H2,2-4H3;2*2-4H,1H3;2-5H,1H3;/b;;8-6+;;;;;;/t16-,19-;10-;;;;;;;/m00......./s1. The van der Waals surface area contributed by atoms with Gasteiger partial charge < -0.3 is 53.1 Å². The molecule has 107 heavy (non-hydrogen) atoms. The van der Waals surface area contributed by atoms with Crippen LogP contribution in [0.1, 0.15) is 175 Å². The molecule has 0 aliphatic heterocycles. The number of carbonyl (C=O) groups is 4. The van der Waals surface area contributed by atoms with E-state index in [0.29, 0.717) is 53.5 Å². The van der Waals surface area contributed by atoms with Crippen molar-refractivity contribution in [3.63, 3.8) is 0 Å². The molecule has 6 heterocycles. The fraction of sp³-hybridized carbons (Fsp3) is 0.390. The number of esters is 4. The highest BCUT2D eigenvalue weighted by Gasteiger charge is 2.25. The Morgan fingerprint density at radius 3 is 1.21 bits per heavy atom. The molecule has 21 nitrogen and oxygen atoms in total. The number of pyridine rings is 6. The van der Waals surface area contributed by atoms with Crippen molar-refractivity contribution in [1.82, 2.24) is 29.9 Å². The zero-order valence-corrected chi connectivity index (χ0v) is 71.9. The van der Waals surface area contributed by atoms with Crippen LogP contribution >= 0.6 is 60.1 Å². The summed E-state index contributed by atoms with van der Waals surface area (Å²) in [5, 5.41) is 0. The van der Waals surface area contributed by atoms with Gasteiger partial charge in [-0.15, -0.1) is 0 Å². The van der Waals surface area contributed by atoms with Crippen LogP contribution in [-0.4, -0.2) is 119 Å². The molecule has 25 heteroatoms. The highest BCUT2D eigenvalue weighted by atomic mass is 80.9. The van der Waals surface area contributed by atoms with Gasteiger partial charge in [-0.2, -0.15) is 0 Å². The third kappa shape index (κ3) is 49.8. The number of benzene rings is 2. The van der Waals surface area contributed by atoms with Crippen LogP contribution in [0.4, 0.5) is 0 Å². The Labute approximate surface area is 667 Å². The lowest BCUT2D eigenvalue weighted by Gasteiger charge is -2.24. The summed E-state index contributed by atoms with van der Waals surface area (Å²) in [7, 11) is 9.48. The van der Waals surface area contributed by atoms with Gasteiger partial charge in [0.05, 0.1) is 60.0 Å². The maximum absolute atomic E-state index is 12.4. The first kappa shape index (κ1) is 98.4. The molecule has 0 amide bonds. The molecule has 0 fully saturated rings. The monoisotopic (exact) mass is 1730 g/mol. The van der Waals surface area contributed by atoms with Crippen LogP contribution in [0.5, 0.6) is 35.3 Å². The van der Waals surface area contributed by atoms with Crippen LogP contribution in [0.2, 0.25) is 0 Å². The predicted octanol–water partition coefficient (Wildman–Crippen LogP) is 20.2. The molecule has 584 valence electrons. The van der Waals surface area contributed by atoms with Crippen LogP contribution in [0.15, 0.2) is 204 Å². The van der Waals surface area contributed by atoms with Crippen molar-refractivity contribution < 1.29 is 66.5 Å². The molecule has 0 radical (unpaired) electrons. The Bertz CT molecular complexity index is 3730. The minimum Gasteiger partial charge on any atom is -0.481 e. The molecule has 0 aliphatic carbocycles. The number of hydrogen-bond donors (Lipinski definition) is 1. The van der Waals surface area contributed by atoms with Gasteiger partial charge in [-0.3, -0.25) is 9.59 Å². The lowest BCUT2D eigenvalue weighted by Crippen LogP contribution is -2.26. The largest absolute Gasteiger partial charge is 0.481 e. The third-order valence-corrected chi connectivity index (χ3v) is 14.1. The topological polar surface area (TPSA) is 264 Å². The Morgan fingerprint density at radius 2 is 0.860 bits per heavy atom. The van der Waals surface area contributed by atoms with Gasteiger partial charge in [-0.05, 0) is 203 Å². The summed E-state index contributed by atoms with van der Waals surface area (Å²) >= 11 is 12.0. The maximum atomic E-state index is 12.4. The molecule has 0 saturated heterocycles. The van der Waals surface area contributed by atoms with Crippen molar-refractivity contribution in [2.24, 2.45) is 5.73 Å². The molecule has 0 saturated carbocycles. The highest BCUT2D eigenvalue weighted by Crippen LogP contribution is 2.33. The number of hydrogen-bond acceptors (Lipinski definition) is 21. The average molecular weight is 1740 g/mol. The second-order valence-electron chi connectivity index (χ2n) is 26.9. The van der Waals surface area contributed by atoms with Crippen molar-refractivity contribution in [3.05, 3.63) is 232 Å². The van der Waals surface area contributed by atoms with E-state index in [4.69, 9.17) is 53.1 Å². The fourth-order valence-electron chi connectivity index (χ4n) is 8.20. The molecule has 0 bridgehead atoms. The number of ether oxygens (including phenoxy) is 10. The van der Waals surface area contributed by atoms with Crippen LogP contribution in [0.25, 0.3) is 6.08 Å². The molecule has 8 aromatic rings. The number of halogens is 4. The quantitative estimate of drug-likeness (QED) is 0.0448. The summed E-state index contributed by atoms with van der Waals surface area (Å²) in [4.78, 5) is 70.0. The summed E-state index contributed by atoms with van der Waals surface area (Å²) in [6.07, 6.45) is 15.6. The summed E-state index contributed by atoms with van der Waals surface area (Å²) in [6.45, 7) is 31.9. The number of aromatic nitrogens is 6. The molecular formula is C82H109Br4N7O14. The Hall–Kier alpha value is -8.62. The average Bonchev–Trinajstić information content (AvgIpc) is 0.848. The van der Waals surface area contributed by atoms with Crippen LogP contribution in [0.3, 0.4) is 0 Å². The van der Waals surface area contributed by atoms with Gasteiger partial charge in [-0.25, -0.2) is 39.5 Å². The molecule has 2 aromatic carbocycles. The fourth-order valence-corrected chi connectivity index (χ4v) is 8.85. The molecule has 0 unspecified atom stereocenters. The van der Waals surface area contributed by atoms with Crippen molar-refractivity contribution in [3.8, 4) is 35.3 Å². The van der Waals surface area contributed by atoms with E-state index in [1.807, 2.05) is 156 Å². The van der Waals surface area contributed by atoms with E-state index in [1.165, 1.54) is 17.2 Å². The van der Waals surface area contributed by atoms with Crippen molar-refractivity contribution in [1.29, 1.82) is 0 Å². The second-order valence-corrected chi connectivity index (χ2v) is 28.7. The number of nitrogens with zero attached hydrogens (tertiary/aromatic N) is 6. The van der Waals surface area contributed by atoms with Crippen LogP contribution in [-0.2, 0) is 38.1 Å². The number of nitrogens with two attached hydrogens (primary N) is 1. The Kier molecular flexibility index (Phi) is 49.7. The van der Waals surface area contributed by atoms with E-state index in [9.17, 15) is 19.2 Å². The lowest BCUT2D eigenvalue weighted by molar-refractivity contribution is -0.156. The van der Waals surface area contributed by atoms with Crippen molar-refractivity contribution in [2.45, 2.75) is 169 Å². The number of rotatable bonds is 19. The van der Waals surface area contributed by atoms with Gasteiger partial charge in [0.2, 0.25) is 35.3 Å². The van der Waals surface area contributed by atoms with Crippen LogP contribution < -0.4 is 34.2 Å². The van der Waals surface area contributed by atoms with E-state index < -0.39 is 28.4 Å². The minimum atomic E-state index is -0.491. The summed E-state index contributed by atoms with van der Waals surface area (Å²) in [5.41, 5.74) is 9.39. The van der Waals surface area contributed by atoms with Gasteiger partial charge in [0.1, 0.15) is 22.4 Å². The zero-order chi connectivity index (χ0) is 81.2. The summed E-state index contributed by atoms with van der Waals surface area (Å²) in [6, 6.07) is 44.3. The molecule has 2 N–H and O–H groups in total. The zero-order valence-electron chi connectivity index (χ0n) is 65.6. The normalized spacial score (nSPS) is 11.3. The van der Waals surface area contributed by atoms with E-state index in [0.717, 1.165) is 38.1 Å². The van der Waals surface area contributed by atoms with E-state index in [1.54, 1.807) is 116 Å². The first-order chi connectivity index (χ1) is 50.4. The third-order valence-electron chi connectivity index (χ3n) is 13.0. The smallest absolute Gasteiger partial charge is 0.331 e. The van der Waals surface area contributed by atoms with Crippen molar-refractivity contribution >= 4 is 90.1 Å². The SMILES string of the molecule is BrBr.C=CC(=O)OC(C)(C)C.CC(C)c1ccccc1.COc1ccc(/C=C/C(=O)OC(C)(C)C)cn1.COc1ccc(Br)cn1.COc1ccc([C@@H](N)CC(=O)OC(C)(C)C)cn1.COc1ccc([C@H](CC(=O)OC(C)(C)C)C[C@H](C)c2ccccc2)cn1.COc1ccccn1.COc1ncccc1Br. The maximum Gasteiger partial charge on any atom is 0.331 e. The van der Waals surface area contributed by atoms with Gasteiger partial charge in [0.15, 0.2) is 0 Å². The molecule has 3 atom stereocenters. The predicted molar refractivity (Wildman–Crippen MR) is 440 cm³/mol. The second kappa shape index (κ2) is 54.0. The van der Waals surface area contributed by atoms with Crippen molar-refractivity contribution in [2.75, 3.05) is 42.7 Å². The van der Waals surface area contributed by atoms with Gasteiger partial charge in [0, 0.05) is 118 Å². The Balaban J connectivity index is 0.00000124. The number of carbonyl (C=O) groups excluding carboxylic acids is 4. The first-order valence-corrected chi connectivity index (χ1v) is 39.1. The van der Waals surface area contributed by atoms with Gasteiger partial charge in [0.25, 0.3) is 0 Å². The van der Waals surface area contributed by atoms with Gasteiger partial charge in [-0.1, -0.05) is 106 Å². The lowest BCUT2D eigenvalue weighted by atomic mass is 9.85.